The first-order valence-corrected chi connectivity index (χ1v) is 5.87. The average Bonchev–Trinajstić information content (AvgIpc) is 2.41. The van der Waals surface area contributed by atoms with Crippen LogP contribution in [0.2, 0.25) is 5.02 Å². The Morgan fingerprint density at radius 1 is 1.05 bits per heavy atom. The first-order chi connectivity index (χ1) is 9.10. The highest BCUT2D eigenvalue weighted by atomic mass is 35.5. The predicted octanol–water partition coefficient (Wildman–Crippen LogP) is 3.82. The standard InChI is InChI=1S/C15H10ClNO2/c16-13-4-1-10(2-5-13)7-12(9-17)11-3-6-14(18)15(19)8-11/h1-8,18-19H. The number of allylic oxidation sites excluding steroid dienone is 1. The van der Waals surface area contributed by atoms with Gasteiger partial charge in [0, 0.05) is 5.02 Å². The SMILES string of the molecule is N#CC(=Cc1ccc(Cl)cc1)c1ccc(O)c(O)c1. The number of nitriles is 1. The fourth-order valence-electron chi connectivity index (χ4n) is 1.60. The Hall–Kier alpha value is -2.44. The maximum Gasteiger partial charge on any atom is 0.158 e. The number of halogens is 1. The third kappa shape index (κ3) is 3.06. The highest BCUT2D eigenvalue weighted by Gasteiger charge is 2.05. The maximum atomic E-state index is 9.44. The molecule has 0 amide bonds. The van der Waals surface area contributed by atoms with E-state index in [0.29, 0.717) is 16.2 Å². The molecular weight excluding hydrogens is 262 g/mol. The molecule has 2 aromatic rings. The zero-order valence-electron chi connectivity index (χ0n) is 9.84. The van der Waals surface area contributed by atoms with E-state index in [1.54, 1.807) is 36.4 Å². The molecule has 19 heavy (non-hydrogen) atoms. The third-order valence-electron chi connectivity index (χ3n) is 2.59. The van der Waals surface area contributed by atoms with Gasteiger partial charge >= 0.3 is 0 Å². The summed E-state index contributed by atoms with van der Waals surface area (Å²) in [5.41, 5.74) is 1.75. The highest BCUT2D eigenvalue weighted by molar-refractivity contribution is 6.30. The third-order valence-corrected chi connectivity index (χ3v) is 2.84. The van der Waals surface area contributed by atoms with E-state index in [1.165, 1.54) is 12.1 Å². The molecule has 4 heteroatoms. The minimum atomic E-state index is -0.255. The van der Waals surface area contributed by atoms with Gasteiger partial charge in [-0.05, 0) is 47.5 Å². The molecule has 0 aliphatic carbocycles. The van der Waals surface area contributed by atoms with Crippen molar-refractivity contribution >= 4 is 23.3 Å². The van der Waals surface area contributed by atoms with Crippen molar-refractivity contribution in [2.45, 2.75) is 0 Å². The van der Waals surface area contributed by atoms with Gasteiger partial charge in [-0.25, -0.2) is 0 Å². The Morgan fingerprint density at radius 3 is 2.32 bits per heavy atom. The minimum absolute atomic E-state index is 0.215. The lowest BCUT2D eigenvalue weighted by Crippen LogP contribution is -1.82. The van der Waals surface area contributed by atoms with Crippen molar-refractivity contribution in [3.05, 3.63) is 58.6 Å². The van der Waals surface area contributed by atoms with Crippen molar-refractivity contribution in [1.82, 2.24) is 0 Å². The molecule has 2 N–H and O–H groups in total. The van der Waals surface area contributed by atoms with Crippen LogP contribution >= 0.6 is 11.6 Å². The Morgan fingerprint density at radius 2 is 1.74 bits per heavy atom. The van der Waals surface area contributed by atoms with E-state index in [-0.39, 0.29) is 11.5 Å². The average molecular weight is 272 g/mol. The second-order valence-electron chi connectivity index (χ2n) is 3.92. The van der Waals surface area contributed by atoms with Gasteiger partial charge in [-0.15, -0.1) is 0 Å². The summed E-state index contributed by atoms with van der Waals surface area (Å²) in [7, 11) is 0. The molecule has 2 aromatic carbocycles. The number of phenols is 2. The fraction of sp³-hybridized carbons (Fsp3) is 0. The summed E-state index contributed by atoms with van der Waals surface area (Å²) in [6, 6.07) is 13.4. The van der Waals surface area contributed by atoms with Gasteiger partial charge in [0.1, 0.15) is 0 Å². The van der Waals surface area contributed by atoms with Crippen LogP contribution in [0.3, 0.4) is 0 Å². The van der Waals surface area contributed by atoms with Crippen molar-refractivity contribution in [3.63, 3.8) is 0 Å². The number of nitrogens with zero attached hydrogens (tertiary/aromatic N) is 1. The van der Waals surface area contributed by atoms with Crippen molar-refractivity contribution in [3.8, 4) is 17.6 Å². The Balaban J connectivity index is 2.42. The zero-order valence-corrected chi connectivity index (χ0v) is 10.6. The molecule has 0 unspecified atom stereocenters. The van der Waals surface area contributed by atoms with Crippen molar-refractivity contribution in [2.75, 3.05) is 0 Å². The van der Waals surface area contributed by atoms with E-state index in [4.69, 9.17) is 16.9 Å². The van der Waals surface area contributed by atoms with E-state index in [2.05, 4.69) is 6.07 Å². The molecule has 0 heterocycles. The van der Waals surface area contributed by atoms with E-state index in [1.807, 2.05) is 0 Å². The van der Waals surface area contributed by atoms with Crippen LogP contribution in [-0.2, 0) is 0 Å². The number of hydrogen-bond acceptors (Lipinski definition) is 3. The Bertz CT molecular complexity index is 670. The lowest BCUT2D eigenvalue weighted by atomic mass is 10.0. The number of hydrogen-bond donors (Lipinski definition) is 2. The zero-order chi connectivity index (χ0) is 13.8. The summed E-state index contributed by atoms with van der Waals surface area (Å²) in [5.74, 6) is -0.470. The largest absolute Gasteiger partial charge is 0.504 e. The lowest BCUT2D eigenvalue weighted by Gasteiger charge is -2.02. The monoisotopic (exact) mass is 271 g/mol. The molecule has 0 bridgehead atoms. The summed E-state index contributed by atoms with van der Waals surface area (Å²) >= 11 is 5.79. The van der Waals surface area contributed by atoms with E-state index >= 15 is 0 Å². The van der Waals surface area contributed by atoms with Crippen LogP contribution < -0.4 is 0 Å². The van der Waals surface area contributed by atoms with Gasteiger partial charge in [0.25, 0.3) is 0 Å². The molecule has 0 aliphatic heterocycles. The van der Waals surface area contributed by atoms with Gasteiger partial charge in [-0.3, -0.25) is 0 Å². The number of phenolic OH excluding ortho intramolecular Hbond substituents is 2. The molecule has 0 fully saturated rings. The first-order valence-electron chi connectivity index (χ1n) is 5.50. The maximum absolute atomic E-state index is 9.44. The summed E-state index contributed by atoms with van der Waals surface area (Å²) in [4.78, 5) is 0. The number of aromatic hydroxyl groups is 2. The molecule has 0 saturated heterocycles. The van der Waals surface area contributed by atoms with Crippen LogP contribution in [0.15, 0.2) is 42.5 Å². The second-order valence-corrected chi connectivity index (χ2v) is 4.36. The number of rotatable bonds is 2. The van der Waals surface area contributed by atoms with Gasteiger partial charge in [-0.1, -0.05) is 23.7 Å². The Kier molecular flexibility index (Phi) is 3.74. The van der Waals surface area contributed by atoms with E-state index in [0.717, 1.165) is 5.56 Å². The molecule has 2 rings (SSSR count). The van der Waals surface area contributed by atoms with Crippen LogP contribution in [-0.4, -0.2) is 10.2 Å². The van der Waals surface area contributed by atoms with Crippen molar-refractivity contribution < 1.29 is 10.2 Å². The van der Waals surface area contributed by atoms with Crippen LogP contribution in [0.1, 0.15) is 11.1 Å². The van der Waals surface area contributed by atoms with E-state index in [9.17, 15) is 10.2 Å². The molecule has 0 saturated carbocycles. The molecule has 0 atom stereocenters. The molecule has 0 aromatic heterocycles. The highest BCUT2D eigenvalue weighted by Crippen LogP contribution is 2.29. The quantitative estimate of drug-likeness (QED) is 0.496. The number of benzene rings is 2. The van der Waals surface area contributed by atoms with Gasteiger partial charge in [0.2, 0.25) is 0 Å². The Labute approximate surface area is 115 Å². The van der Waals surface area contributed by atoms with Crippen molar-refractivity contribution in [1.29, 1.82) is 5.26 Å². The second kappa shape index (κ2) is 5.47. The summed E-state index contributed by atoms with van der Waals surface area (Å²) in [5, 5.41) is 28.5. The molecular formula is C15H10ClNO2. The lowest BCUT2D eigenvalue weighted by molar-refractivity contribution is 0.403. The van der Waals surface area contributed by atoms with Crippen LogP contribution in [0, 0.1) is 11.3 Å². The van der Waals surface area contributed by atoms with Gasteiger partial charge in [0.15, 0.2) is 11.5 Å². The smallest absolute Gasteiger partial charge is 0.158 e. The topological polar surface area (TPSA) is 64.2 Å². The summed E-state index contributed by atoms with van der Waals surface area (Å²) < 4.78 is 0. The van der Waals surface area contributed by atoms with Crippen LogP contribution in [0.25, 0.3) is 11.6 Å². The normalized spacial score (nSPS) is 11.1. The van der Waals surface area contributed by atoms with Gasteiger partial charge in [0.05, 0.1) is 11.6 Å². The van der Waals surface area contributed by atoms with Gasteiger partial charge < -0.3 is 10.2 Å². The molecule has 3 nitrogen and oxygen atoms in total. The first kappa shape index (κ1) is 13.0. The summed E-state index contributed by atoms with van der Waals surface area (Å²) in [6.45, 7) is 0. The van der Waals surface area contributed by atoms with E-state index < -0.39 is 0 Å². The van der Waals surface area contributed by atoms with Crippen molar-refractivity contribution in [2.24, 2.45) is 0 Å². The van der Waals surface area contributed by atoms with Crippen LogP contribution in [0.4, 0.5) is 0 Å². The van der Waals surface area contributed by atoms with Gasteiger partial charge in [-0.2, -0.15) is 5.26 Å². The minimum Gasteiger partial charge on any atom is -0.504 e. The summed E-state index contributed by atoms with van der Waals surface area (Å²) in [6.07, 6.45) is 1.68. The molecule has 0 radical (unpaired) electrons. The molecule has 0 spiro atoms. The molecule has 94 valence electrons. The molecule has 0 aliphatic rings. The fourth-order valence-corrected chi connectivity index (χ4v) is 1.72. The predicted molar refractivity (Wildman–Crippen MR) is 74.7 cm³/mol. The van der Waals surface area contributed by atoms with Crippen LogP contribution in [0.5, 0.6) is 11.5 Å².